The summed E-state index contributed by atoms with van der Waals surface area (Å²) in [4.78, 5) is 11.8. The van der Waals surface area contributed by atoms with Crippen LogP contribution >= 0.6 is 0 Å². The summed E-state index contributed by atoms with van der Waals surface area (Å²) in [6.07, 6.45) is 4.55. The minimum atomic E-state index is 0.509. The molecular weight excluding hydrogens is 264 g/mol. The van der Waals surface area contributed by atoms with Gasteiger partial charge in [-0.1, -0.05) is 0 Å². The van der Waals surface area contributed by atoms with Gasteiger partial charge in [0.05, 0.1) is 18.1 Å². The Labute approximate surface area is 125 Å². The number of fused-ring (bicyclic) bond motifs is 1. The zero-order valence-corrected chi connectivity index (χ0v) is 13.3. The van der Waals surface area contributed by atoms with Crippen LogP contribution in [0.1, 0.15) is 32.5 Å². The molecular formula is C15H24N6. The number of aryl methyl sites for hydroxylation is 1. The molecule has 1 N–H and O–H groups in total. The first kappa shape index (κ1) is 14.3. The van der Waals surface area contributed by atoms with Crippen molar-refractivity contribution < 1.29 is 0 Å². The van der Waals surface area contributed by atoms with Gasteiger partial charge < -0.3 is 5.32 Å². The van der Waals surface area contributed by atoms with E-state index in [1.54, 1.807) is 0 Å². The van der Waals surface area contributed by atoms with Gasteiger partial charge in [-0.3, -0.25) is 9.58 Å². The summed E-state index contributed by atoms with van der Waals surface area (Å²) < 4.78 is 1.81. The predicted octanol–water partition coefficient (Wildman–Crippen LogP) is 2.03. The number of nitrogens with zero attached hydrogens (tertiary/aromatic N) is 5. The van der Waals surface area contributed by atoms with Crippen molar-refractivity contribution in [2.45, 2.75) is 39.3 Å². The van der Waals surface area contributed by atoms with E-state index in [-0.39, 0.29) is 0 Å². The number of hydrogen-bond acceptors (Lipinski definition) is 5. The van der Waals surface area contributed by atoms with Gasteiger partial charge in [-0.15, -0.1) is 0 Å². The second-order valence-electron chi connectivity index (χ2n) is 6.21. The molecule has 0 spiro atoms. The summed E-state index contributed by atoms with van der Waals surface area (Å²) in [5, 5.41) is 8.41. The smallest absolute Gasteiger partial charge is 0.163 e. The van der Waals surface area contributed by atoms with Crippen molar-refractivity contribution in [3.05, 3.63) is 12.0 Å². The normalized spacial score (nSPS) is 15.3. The standard InChI is InChI=1S/C15H24N6/c1-10(2)21(8-11-5-6-11)9-13-18-14(16-3)12-7-17-20(4)15(12)19-13/h7,10-11H,5-6,8-9H2,1-4H3,(H,16,18,19). The lowest BCUT2D eigenvalue weighted by atomic mass is 10.2. The monoisotopic (exact) mass is 288 g/mol. The Kier molecular flexibility index (Phi) is 3.80. The first-order chi connectivity index (χ1) is 10.1. The Morgan fingerprint density at radius 2 is 2.14 bits per heavy atom. The number of hydrogen-bond donors (Lipinski definition) is 1. The van der Waals surface area contributed by atoms with E-state index in [4.69, 9.17) is 4.98 Å². The maximum Gasteiger partial charge on any atom is 0.163 e. The minimum absolute atomic E-state index is 0.509. The van der Waals surface area contributed by atoms with E-state index < -0.39 is 0 Å². The van der Waals surface area contributed by atoms with Crippen LogP contribution in [0, 0.1) is 5.92 Å². The molecule has 0 radical (unpaired) electrons. The molecule has 1 fully saturated rings. The van der Waals surface area contributed by atoms with Gasteiger partial charge >= 0.3 is 0 Å². The van der Waals surface area contributed by atoms with Gasteiger partial charge in [0.25, 0.3) is 0 Å². The third kappa shape index (κ3) is 3.00. The lowest BCUT2D eigenvalue weighted by molar-refractivity contribution is 0.199. The SMILES string of the molecule is CNc1nc(CN(CC2CC2)C(C)C)nc2c1cnn2C. The highest BCUT2D eigenvalue weighted by molar-refractivity contribution is 5.86. The molecule has 2 aromatic rings. The summed E-state index contributed by atoms with van der Waals surface area (Å²) in [5.74, 6) is 2.60. The topological polar surface area (TPSA) is 58.9 Å². The van der Waals surface area contributed by atoms with Crippen LogP contribution in [0.4, 0.5) is 5.82 Å². The van der Waals surface area contributed by atoms with Crippen LogP contribution in [0.5, 0.6) is 0 Å². The highest BCUT2D eigenvalue weighted by Gasteiger charge is 2.26. The molecule has 0 amide bonds. The van der Waals surface area contributed by atoms with E-state index in [0.717, 1.165) is 41.7 Å². The van der Waals surface area contributed by atoms with E-state index in [0.29, 0.717) is 6.04 Å². The van der Waals surface area contributed by atoms with E-state index >= 15 is 0 Å². The van der Waals surface area contributed by atoms with Gasteiger partial charge in [-0.2, -0.15) is 5.10 Å². The molecule has 21 heavy (non-hydrogen) atoms. The van der Waals surface area contributed by atoms with Crippen LogP contribution < -0.4 is 5.32 Å². The maximum absolute atomic E-state index is 4.70. The average molecular weight is 288 g/mol. The maximum atomic E-state index is 4.70. The third-order valence-corrected chi connectivity index (χ3v) is 4.14. The first-order valence-corrected chi connectivity index (χ1v) is 7.69. The molecule has 6 nitrogen and oxygen atoms in total. The predicted molar refractivity (Wildman–Crippen MR) is 84.1 cm³/mol. The number of aromatic nitrogens is 4. The molecule has 0 aromatic carbocycles. The Morgan fingerprint density at radius 1 is 1.38 bits per heavy atom. The quantitative estimate of drug-likeness (QED) is 0.881. The fraction of sp³-hybridized carbons (Fsp3) is 0.667. The minimum Gasteiger partial charge on any atom is -0.372 e. The van der Waals surface area contributed by atoms with Crippen molar-refractivity contribution in [1.29, 1.82) is 0 Å². The third-order valence-electron chi connectivity index (χ3n) is 4.14. The van der Waals surface area contributed by atoms with Gasteiger partial charge in [-0.05, 0) is 32.6 Å². The Balaban J connectivity index is 1.89. The van der Waals surface area contributed by atoms with Crippen LogP contribution in [0.3, 0.4) is 0 Å². The fourth-order valence-electron chi connectivity index (χ4n) is 2.60. The Hall–Kier alpha value is -1.69. The van der Waals surface area contributed by atoms with Crippen molar-refractivity contribution in [3.8, 4) is 0 Å². The number of rotatable bonds is 6. The van der Waals surface area contributed by atoms with Crippen molar-refractivity contribution in [1.82, 2.24) is 24.6 Å². The van der Waals surface area contributed by atoms with Gasteiger partial charge in [0.2, 0.25) is 0 Å². The lowest BCUT2D eigenvalue weighted by Crippen LogP contribution is -2.33. The molecule has 1 saturated carbocycles. The zero-order chi connectivity index (χ0) is 15.0. The summed E-state index contributed by atoms with van der Waals surface area (Å²) in [7, 11) is 3.81. The molecule has 1 aliphatic rings. The highest BCUT2D eigenvalue weighted by atomic mass is 15.3. The lowest BCUT2D eigenvalue weighted by Gasteiger charge is -2.25. The average Bonchev–Trinajstić information content (AvgIpc) is 3.20. The van der Waals surface area contributed by atoms with Crippen molar-refractivity contribution in [2.75, 3.05) is 18.9 Å². The molecule has 2 heterocycles. The molecule has 1 aliphatic carbocycles. The molecule has 6 heteroatoms. The van der Waals surface area contributed by atoms with Gasteiger partial charge in [-0.25, -0.2) is 9.97 Å². The molecule has 2 aromatic heterocycles. The van der Waals surface area contributed by atoms with Crippen LogP contribution in [0.15, 0.2) is 6.20 Å². The first-order valence-electron chi connectivity index (χ1n) is 7.69. The second kappa shape index (κ2) is 5.60. The summed E-state index contributed by atoms with van der Waals surface area (Å²) in [5.41, 5.74) is 0.888. The van der Waals surface area contributed by atoms with Crippen LogP contribution in [-0.2, 0) is 13.6 Å². The summed E-state index contributed by atoms with van der Waals surface area (Å²) >= 11 is 0. The van der Waals surface area contributed by atoms with Gasteiger partial charge in [0.15, 0.2) is 5.65 Å². The molecule has 0 atom stereocenters. The molecule has 0 saturated heterocycles. The van der Waals surface area contributed by atoms with Crippen LogP contribution in [0.25, 0.3) is 11.0 Å². The fourth-order valence-corrected chi connectivity index (χ4v) is 2.60. The second-order valence-corrected chi connectivity index (χ2v) is 6.21. The van der Waals surface area contributed by atoms with E-state index in [1.165, 1.54) is 12.8 Å². The molecule has 114 valence electrons. The van der Waals surface area contributed by atoms with E-state index in [1.807, 2.05) is 25.0 Å². The van der Waals surface area contributed by atoms with Crippen LogP contribution in [-0.4, -0.2) is 44.3 Å². The zero-order valence-electron chi connectivity index (χ0n) is 13.3. The van der Waals surface area contributed by atoms with Crippen molar-refractivity contribution >= 4 is 16.9 Å². The Morgan fingerprint density at radius 3 is 2.76 bits per heavy atom. The number of anilines is 1. The van der Waals surface area contributed by atoms with Gasteiger partial charge in [0.1, 0.15) is 11.6 Å². The summed E-state index contributed by atoms with van der Waals surface area (Å²) in [6.45, 7) is 6.43. The van der Waals surface area contributed by atoms with Crippen molar-refractivity contribution in [3.63, 3.8) is 0 Å². The Bertz CT molecular complexity index is 628. The molecule has 0 unspecified atom stereocenters. The van der Waals surface area contributed by atoms with E-state index in [9.17, 15) is 0 Å². The van der Waals surface area contributed by atoms with Crippen LogP contribution in [0.2, 0.25) is 0 Å². The largest absolute Gasteiger partial charge is 0.372 e. The summed E-state index contributed by atoms with van der Waals surface area (Å²) in [6, 6.07) is 0.509. The highest BCUT2D eigenvalue weighted by Crippen LogP contribution is 2.30. The number of nitrogens with one attached hydrogen (secondary N) is 1. The van der Waals surface area contributed by atoms with E-state index in [2.05, 4.69) is 34.1 Å². The molecule has 3 rings (SSSR count). The molecule has 0 aliphatic heterocycles. The van der Waals surface area contributed by atoms with Gasteiger partial charge in [0, 0.05) is 26.7 Å². The molecule has 0 bridgehead atoms. The van der Waals surface area contributed by atoms with Crippen molar-refractivity contribution in [2.24, 2.45) is 13.0 Å².